The molecule has 3 aromatic heterocycles. The fourth-order valence-electron chi connectivity index (χ4n) is 4.46. The molecule has 41 heavy (non-hydrogen) atoms. The van der Waals surface area contributed by atoms with Crippen LogP contribution in [0, 0.1) is 7.14 Å². The average molecular weight is 758 g/mol. The van der Waals surface area contributed by atoms with Crippen LogP contribution in [0.4, 0.5) is 0 Å². The van der Waals surface area contributed by atoms with Crippen LogP contribution in [0.1, 0.15) is 0 Å². The number of aromatic amines is 1. The Hall–Kier alpha value is -4.03. The van der Waals surface area contributed by atoms with Crippen molar-refractivity contribution in [2.24, 2.45) is 0 Å². The van der Waals surface area contributed by atoms with Crippen LogP contribution in [-0.4, -0.2) is 29.1 Å². The molecule has 0 radical (unpaired) electrons. The second-order valence-electron chi connectivity index (χ2n) is 9.09. The quantitative estimate of drug-likeness (QED) is 0.179. The standard InChI is InChI=1S/C20H14N4.C7H6N2.C6H4I2/c1-3-10-19-17(8-1)21-13-23(19)15-6-5-7-16(12-15)24-14-22-18-9-2-4-11-20(18)24;1-2-4-7-6(3-1)8-5-9-7;7-5-2-1-3-6(8)4-5/h1-14H;1-5H,(H,8,9);1-4H. The number of hydrogen-bond donors (Lipinski definition) is 1. The van der Waals surface area contributed by atoms with Crippen LogP contribution >= 0.6 is 45.2 Å². The first kappa shape index (κ1) is 27.2. The predicted octanol–water partition coefficient (Wildman–Crippen LogP) is 8.82. The maximum atomic E-state index is 4.48. The highest BCUT2D eigenvalue weighted by Gasteiger charge is 2.07. The van der Waals surface area contributed by atoms with E-state index in [1.165, 1.54) is 7.14 Å². The zero-order chi connectivity index (χ0) is 28.0. The molecule has 3 heterocycles. The smallest absolute Gasteiger partial charge is 0.100 e. The maximum Gasteiger partial charge on any atom is 0.100 e. The molecule has 0 aliphatic rings. The van der Waals surface area contributed by atoms with Gasteiger partial charge in [-0.05, 0) is 118 Å². The number of fused-ring (bicyclic) bond motifs is 3. The van der Waals surface area contributed by atoms with Crippen molar-refractivity contribution >= 4 is 78.3 Å². The van der Waals surface area contributed by atoms with E-state index in [2.05, 4.69) is 135 Å². The molecular formula is C33H24I2N6. The number of para-hydroxylation sites is 6. The van der Waals surface area contributed by atoms with Crippen molar-refractivity contribution in [3.63, 3.8) is 0 Å². The van der Waals surface area contributed by atoms with Gasteiger partial charge in [-0.3, -0.25) is 9.13 Å². The second kappa shape index (κ2) is 12.6. The van der Waals surface area contributed by atoms with Gasteiger partial charge < -0.3 is 4.98 Å². The van der Waals surface area contributed by atoms with Gasteiger partial charge >= 0.3 is 0 Å². The fraction of sp³-hybridized carbons (Fsp3) is 0. The zero-order valence-electron chi connectivity index (χ0n) is 21.8. The van der Waals surface area contributed by atoms with Crippen LogP contribution in [0.2, 0.25) is 0 Å². The zero-order valence-corrected chi connectivity index (χ0v) is 26.1. The molecule has 0 saturated carbocycles. The van der Waals surface area contributed by atoms with Crippen LogP contribution in [0.25, 0.3) is 44.5 Å². The van der Waals surface area contributed by atoms with Crippen molar-refractivity contribution in [3.05, 3.63) is 147 Å². The SMILES string of the molecule is Ic1cccc(I)c1.c1cc(-n2cnc3ccccc32)cc(-n2cnc3ccccc32)c1.c1ccc2[nH]cnc2c1. The Morgan fingerprint density at radius 2 is 1.00 bits per heavy atom. The summed E-state index contributed by atoms with van der Waals surface area (Å²) in [6, 6.07) is 41.0. The molecule has 0 atom stereocenters. The van der Waals surface area contributed by atoms with Gasteiger partial charge in [-0.2, -0.15) is 0 Å². The Balaban J connectivity index is 0.000000145. The Kier molecular flexibility index (Phi) is 8.38. The van der Waals surface area contributed by atoms with Gasteiger partial charge in [0.15, 0.2) is 0 Å². The second-order valence-corrected chi connectivity index (χ2v) is 11.6. The highest BCUT2D eigenvalue weighted by molar-refractivity contribution is 14.1. The number of hydrogen-bond acceptors (Lipinski definition) is 3. The molecule has 0 spiro atoms. The minimum absolute atomic E-state index is 0.996. The normalized spacial score (nSPS) is 10.7. The third kappa shape index (κ3) is 6.33. The van der Waals surface area contributed by atoms with Crippen molar-refractivity contribution in [1.82, 2.24) is 29.1 Å². The number of nitrogens with one attached hydrogen (secondary N) is 1. The summed E-state index contributed by atoms with van der Waals surface area (Å²) in [6.07, 6.45) is 5.44. The molecule has 0 saturated heterocycles. The van der Waals surface area contributed by atoms with E-state index < -0.39 is 0 Å². The van der Waals surface area contributed by atoms with E-state index in [1.807, 2.05) is 73.3 Å². The van der Waals surface area contributed by atoms with Crippen LogP contribution in [0.15, 0.2) is 140 Å². The number of benzene rings is 5. The summed E-state index contributed by atoms with van der Waals surface area (Å²) in [7, 11) is 0. The lowest BCUT2D eigenvalue weighted by molar-refractivity contribution is 1.06. The summed E-state index contributed by atoms with van der Waals surface area (Å²) in [6.45, 7) is 0. The predicted molar refractivity (Wildman–Crippen MR) is 184 cm³/mol. The largest absolute Gasteiger partial charge is 0.345 e. The Morgan fingerprint density at radius 3 is 1.54 bits per heavy atom. The van der Waals surface area contributed by atoms with Crippen LogP contribution in [-0.2, 0) is 0 Å². The average Bonchev–Trinajstić information content (AvgIpc) is 3.76. The van der Waals surface area contributed by atoms with Gasteiger partial charge in [0.1, 0.15) is 12.7 Å². The van der Waals surface area contributed by atoms with Crippen LogP contribution in [0.5, 0.6) is 0 Å². The molecule has 5 aromatic carbocycles. The van der Waals surface area contributed by atoms with Crippen molar-refractivity contribution < 1.29 is 0 Å². The van der Waals surface area contributed by atoms with Crippen LogP contribution in [0.3, 0.4) is 0 Å². The van der Waals surface area contributed by atoms with Gasteiger partial charge in [-0.15, -0.1) is 0 Å². The molecule has 8 heteroatoms. The number of H-pyrrole nitrogens is 1. The van der Waals surface area contributed by atoms with Crippen molar-refractivity contribution in [3.8, 4) is 11.4 Å². The molecule has 8 aromatic rings. The van der Waals surface area contributed by atoms with Crippen molar-refractivity contribution in [2.75, 3.05) is 0 Å². The lowest BCUT2D eigenvalue weighted by Crippen LogP contribution is -1.96. The summed E-state index contributed by atoms with van der Waals surface area (Å²) in [5, 5.41) is 0. The van der Waals surface area contributed by atoms with E-state index in [9.17, 15) is 0 Å². The summed E-state index contributed by atoms with van der Waals surface area (Å²) in [4.78, 5) is 16.0. The van der Waals surface area contributed by atoms with Gasteiger partial charge in [0.25, 0.3) is 0 Å². The lowest BCUT2D eigenvalue weighted by Gasteiger charge is -2.09. The third-order valence-corrected chi connectivity index (χ3v) is 7.75. The fourth-order valence-corrected chi connectivity index (χ4v) is 6.14. The number of aromatic nitrogens is 6. The first-order chi connectivity index (χ1) is 20.2. The molecule has 0 aliphatic heterocycles. The van der Waals surface area contributed by atoms with Gasteiger partial charge in [-0.1, -0.05) is 48.5 Å². The number of halogens is 2. The summed E-state index contributed by atoms with van der Waals surface area (Å²) >= 11 is 4.60. The molecule has 0 aliphatic carbocycles. The van der Waals surface area contributed by atoms with Crippen molar-refractivity contribution in [2.45, 2.75) is 0 Å². The van der Waals surface area contributed by atoms with Crippen molar-refractivity contribution in [1.29, 1.82) is 0 Å². The Bertz CT molecular complexity index is 1920. The first-order valence-electron chi connectivity index (χ1n) is 12.9. The summed E-state index contributed by atoms with van der Waals surface area (Å²) in [5.74, 6) is 0. The molecule has 200 valence electrons. The molecule has 0 unspecified atom stereocenters. The van der Waals surface area contributed by atoms with E-state index in [4.69, 9.17) is 0 Å². The lowest BCUT2D eigenvalue weighted by atomic mass is 10.2. The van der Waals surface area contributed by atoms with Gasteiger partial charge in [-0.25, -0.2) is 15.0 Å². The monoisotopic (exact) mass is 758 g/mol. The van der Waals surface area contributed by atoms with Gasteiger partial charge in [0.2, 0.25) is 0 Å². The van der Waals surface area contributed by atoms with E-state index in [0.29, 0.717) is 0 Å². The Morgan fingerprint density at radius 1 is 0.488 bits per heavy atom. The van der Waals surface area contributed by atoms with E-state index in [0.717, 1.165) is 44.5 Å². The number of imidazole rings is 3. The molecule has 6 nitrogen and oxygen atoms in total. The third-order valence-electron chi connectivity index (χ3n) is 6.41. The maximum absolute atomic E-state index is 4.48. The molecule has 0 bridgehead atoms. The molecule has 0 amide bonds. The number of rotatable bonds is 2. The highest BCUT2D eigenvalue weighted by Crippen LogP contribution is 2.23. The van der Waals surface area contributed by atoms with Crippen LogP contribution < -0.4 is 0 Å². The minimum atomic E-state index is 0.996. The molecule has 1 N–H and O–H groups in total. The van der Waals surface area contributed by atoms with E-state index in [-0.39, 0.29) is 0 Å². The number of nitrogens with zero attached hydrogens (tertiary/aromatic N) is 5. The summed E-state index contributed by atoms with van der Waals surface area (Å²) < 4.78 is 6.82. The first-order valence-corrected chi connectivity index (χ1v) is 15.1. The van der Waals surface area contributed by atoms with Gasteiger partial charge in [0, 0.05) is 18.5 Å². The van der Waals surface area contributed by atoms with Gasteiger partial charge in [0.05, 0.1) is 39.4 Å². The van der Waals surface area contributed by atoms with E-state index >= 15 is 0 Å². The topological polar surface area (TPSA) is 64.3 Å². The minimum Gasteiger partial charge on any atom is -0.345 e. The molecule has 0 fully saturated rings. The Labute approximate surface area is 264 Å². The molecule has 8 rings (SSSR count). The highest BCUT2D eigenvalue weighted by atomic mass is 127. The van der Waals surface area contributed by atoms with E-state index in [1.54, 1.807) is 6.33 Å². The molecular weight excluding hydrogens is 734 g/mol. The summed E-state index contributed by atoms with van der Waals surface area (Å²) in [5.41, 5.74) is 8.48.